The van der Waals surface area contributed by atoms with E-state index in [1.807, 2.05) is 20.8 Å². The van der Waals surface area contributed by atoms with Gasteiger partial charge in [-0.1, -0.05) is 40.5 Å². The summed E-state index contributed by atoms with van der Waals surface area (Å²) >= 11 is 0. The second kappa shape index (κ2) is 11.8. The van der Waals surface area contributed by atoms with E-state index >= 15 is 0 Å². The average molecular weight is 402 g/mol. The van der Waals surface area contributed by atoms with Crippen LogP contribution in [0, 0.1) is 5.92 Å². The van der Waals surface area contributed by atoms with Gasteiger partial charge in [0.1, 0.15) is 5.60 Å². The summed E-state index contributed by atoms with van der Waals surface area (Å²) in [7, 11) is 0. The Labute approximate surface area is 166 Å². The summed E-state index contributed by atoms with van der Waals surface area (Å²) in [5.74, 6) is -4.80. The topological polar surface area (TPSA) is 127 Å². The Morgan fingerprint density at radius 2 is 1.57 bits per heavy atom. The smallest absolute Gasteiger partial charge is 0.346 e. The predicted octanol–water partition coefficient (Wildman–Crippen LogP) is 2.99. The fraction of sp³-hybridized carbons (Fsp3) is 0.800. The lowest BCUT2D eigenvalue weighted by molar-refractivity contribution is -0.187. The van der Waals surface area contributed by atoms with Crippen molar-refractivity contribution in [2.75, 3.05) is 0 Å². The molecule has 0 unspecified atom stereocenters. The molecule has 0 radical (unpaired) electrons. The number of hydrogen-bond acceptors (Lipinski definition) is 7. The van der Waals surface area contributed by atoms with Gasteiger partial charge in [-0.2, -0.15) is 0 Å². The Balaban J connectivity index is 5.54. The number of carboxylic acids is 1. The lowest BCUT2D eigenvalue weighted by atomic mass is 9.78. The number of aliphatic carboxylic acids is 1. The van der Waals surface area contributed by atoms with Gasteiger partial charge in [-0.3, -0.25) is 14.4 Å². The summed E-state index contributed by atoms with van der Waals surface area (Å²) in [5, 5.41) is 19.4. The number of esters is 3. The molecule has 0 aliphatic rings. The van der Waals surface area contributed by atoms with Gasteiger partial charge in [-0.05, 0) is 31.6 Å². The maximum atomic E-state index is 12.6. The van der Waals surface area contributed by atoms with E-state index in [9.17, 15) is 24.3 Å². The van der Waals surface area contributed by atoms with Crippen molar-refractivity contribution in [3.63, 3.8) is 0 Å². The van der Waals surface area contributed by atoms with Crippen LogP contribution < -0.4 is 0 Å². The molecule has 0 aromatic rings. The Hall–Kier alpha value is -1.96. The standard InChI is InChI=1S/C20H34O8/c1-6-10-11-15(7-2)20(8-3,9-4)28-17(24)13-19(26,12-16(22)23)18(25)27-14(5)21/h15,26H,6-13H2,1-5H3,(H,22,23)/t15-,19-/m1/s1. The van der Waals surface area contributed by atoms with Crippen molar-refractivity contribution in [3.8, 4) is 0 Å². The number of aliphatic hydroxyl groups is 1. The molecule has 2 atom stereocenters. The first kappa shape index (κ1) is 26.0. The van der Waals surface area contributed by atoms with Gasteiger partial charge in [0.25, 0.3) is 0 Å². The second-order valence-corrected chi connectivity index (χ2v) is 7.15. The molecule has 0 heterocycles. The van der Waals surface area contributed by atoms with E-state index in [0.717, 1.165) is 32.6 Å². The molecule has 0 aliphatic carbocycles. The highest BCUT2D eigenvalue weighted by Crippen LogP contribution is 2.36. The molecule has 0 bridgehead atoms. The molecule has 0 aliphatic heterocycles. The van der Waals surface area contributed by atoms with Crippen LogP contribution in [0.5, 0.6) is 0 Å². The Kier molecular flexibility index (Phi) is 11.0. The van der Waals surface area contributed by atoms with Gasteiger partial charge >= 0.3 is 23.9 Å². The molecule has 0 fully saturated rings. The minimum atomic E-state index is -2.67. The molecule has 2 N–H and O–H groups in total. The maximum Gasteiger partial charge on any atom is 0.346 e. The molecular weight excluding hydrogens is 368 g/mol. The van der Waals surface area contributed by atoms with Crippen LogP contribution in [0.15, 0.2) is 0 Å². The van der Waals surface area contributed by atoms with Crippen molar-refractivity contribution in [2.45, 2.75) is 97.2 Å². The third-order valence-electron chi connectivity index (χ3n) is 5.15. The Morgan fingerprint density at radius 1 is 1.00 bits per heavy atom. The molecule has 0 amide bonds. The van der Waals surface area contributed by atoms with E-state index in [2.05, 4.69) is 11.7 Å². The SMILES string of the molecule is CCCC[C@@H](CC)C(CC)(CC)OC(=O)C[C@](O)(CC(=O)O)C(=O)OC(C)=O. The minimum Gasteiger partial charge on any atom is -0.481 e. The largest absolute Gasteiger partial charge is 0.481 e. The molecular formula is C20H34O8. The fourth-order valence-corrected chi connectivity index (χ4v) is 3.53. The molecule has 0 saturated carbocycles. The first-order chi connectivity index (χ1) is 13.0. The van der Waals surface area contributed by atoms with Crippen molar-refractivity contribution in [1.29, 1.82) is 0 Å². The van der Waals surface area contributed by atoms with E-state index in [1.165, 1.54) is 0 Å². The normalized spacial score (nSPS) is 14.6. The number of rotatable bonds is 13. The van der Waals surface area contributed by atoms with Crippen LogP contribution in [0.4, 0.5) is 0 Å². The second-order valence-electron chi connectivity index (χ2n) is 7.15. The van der Waals surface area contributed by atoms with Gasteiger partial charge in [0.05, 0.1) is 12.8 Å². The van der Waals surface area contributed by atoms with Crippen molar-refractivity contribution < 1.29 is 38.9 Å². The van der Waals surface area contributed by atoms with E-state index in [4.69, 9.17) is 9.84 Å². The summed E-state index contributed by atoms with van der Waals surface area (Å²) in [6.45, 7) is 8.83. The zero-order valence-corrected chi connectivity index (χ0v) is 17.6. The first-order valence-corrected chi connectivity index (χ1v) is 9.89. The number of ether oxygens (including phenoxy) is 2. The summed E-state index contributed by atoms with van der Waals surface area (Å²) in [6, 6.07) is 0. The number of unbranched alkanes of at least 4 members (excludes halogenated alkanes) is 1. The Morgan fingerprint density at radius 3 is 1.96 bits per heavy atom. The number of hydrogen-bond donors (Lipinski definition) is 2. The summed E-state index contributed by atoms with van der Waals surface area (Å²) in [5.41, 5.74) is -3.44. The summed E-state index contributed by atoms with van der Waals surface area (Å²) < 4.78 is 10.1. The quantitative estimate of drug-likeness (QED) is 0.355. The maximum absolute atomic E-state index is 12.6. The molecule has 8 heteroatoms. The average Bonchev–Trinajstić information content (AvgIpc) is 2.59. The summed E-state index contributed by atoms with van der Waals surface area (Å²) in [6.07, 6.45) is 2.76. The lowest BCUT2D eigenvalue weighted by Crippen LogP contribution is -2.48. The molecule has 0 aromatic carbocycles. The van der Waals surface area contributed by atoms with E-state index in [1.54, 1.807) is 0 Å². The van der Waals surface area contributed by atoms with Crippen LogP contribution in [0.3, 0.4) is 0 Å². The Bertz CT molecular complexity index is 552. The van der Waals surface area contributed by atoms with Crippen LogP contribution in [0.25, 0.3) is 0 Å². The molecule has 0 aromatic heterocycles. The molecule has 28 heavy (non-hydrogen) atoms. The van der Waals surface area contributed by atoms with E-state index in [-0.39, 0.29) is 5.92 Å². The van der Waals surface area contributed by atoms with Crippen molar-refractivity contribution in [3.05, 3.63) is 0 Å². The molecule has 0 spiro atoms. The third-order valence-corrected chi connectivity index (χ3v) is 5.15. The number of carboxylic acid groups (broad SMARTS) is 1. The van der Waals surface area contributed by atoms with E-state index in [0.29, 0.717) is 12.8 Å². The van der Waals surface area contributed by atoms with Crippen LogP contribution in [-0.2, 0) is 28.7 Å². The van der Waals surface area contributed by atoms with Gasteiger partial charge < -0.3 is 19.7 Å². The van der Waals surface area contributed by atoms with Gasteiger partial charge in [0.15, 0.2) is 5.60 Å². The van der Waals surface area contributed by atoms with Gasteiger partial charge in [-0.25, -0.2) is 4.79 Å². The highest BCUT2D eigenvalue weighted by Gasteiger charge is 2.46. The molecule has 8 nitrogen and oxygen atoms in total. The number of carbonyl (C=O) groups is 4. The zero-order chi connectivity index (χ0) is 22.0. The highest BCUT2D eigenvalue weighted by molar-refractivity contribution is 5.94. The van der Waals surface area contributed by atoms with Crippen molar-refractivity contribution >= 4 is 23.9 Å². The monoisotopic (exact) mass is 402 g/mol. The fourth-order valence-electron chi connectivity index (χ4n) is 3.53. The molecule has 0 saturated heterocycles. The lowest BCUT2D eigenvalue weighted by Gasteiger charge is -2.39. The summed E-state index contributed by atoms with van der Waals surface area (Å²) in [4.78, 5) is 46.7. The molecule has 162 valence electrons. The first-order valence-electron chi connectivity index (χ1n) is 9.89. The third kappa shape index (κ3) is 7.58. The van der Waals surface area contributed by atoms with Crippen LogP contribution in [-0.4, -0.2) is 45.3 Å². The minimum absolute atomic E-state index is 0.100. The van der Waals surface area contributed by atoms with Crippen LogP contribution in [0.1, 0.15) is 86.0 Å². The van der Waals surface area contributed by atoms with Crippen LogP contribution in [0.2, 0.25) is 0 Å². The van der Waals surface area contributed by atoms with E-state index < -0.39 is 47.9 Å². The highest BCUT2D eigenvalue weighted by atomic mass is 16.6. The van der Waals surface area contributed by atoms with Crippen molar-refractivity contribution in [2.24, 2.45) is 5.92 Å². The van der Waals surface area contributed by atoms with Crippen LogP contribution >= 0.6 is 0 Å². The predicted molar refractivity (Wildman–Crippen MR) is 101 cm³/mol. The zero-order valence-electron chi connectivity index (χ0n) is 17.6. The van der Waals surface area contributed by atoms with Gasteiger partial charge in [0, 0.05) is 6.92 Å². The van der Waals surface area contributed by atoms with Gasteiger partial charge in [0.2, 0.25) is 0 Å². The number of carbonyl (C=O) groups excluding carboxylic acids is 3. The van der Waals surface area contributed by atoms with Crippen molar-refractivity contribution in [1.82, 2.24) is 0 Å². The molecule has 0 rings (SSSR count). The van der Waals surface area contributed by atoms with Gasteiger partial charge in [-0.15, -0.1) is 0 Å².